The van der Waals surface area contributed by atoms with E-state index in [0.717, 1.165) is 49.1 Å². The lowest BCUT2D eigenvalue weighted by Crippen LogP contribution is -2.37. The Bertz CT molecular complexity index is 512. The number of hydrogen-bond donors (Lipinski definition) is 1. The van der Waals surface area contributed by atoms with Gasteiger partial charge >= 0.3 is 5.97 Å². The molecule has 6 heteroatoms. The van der Waals surface area contributed by atoms with Crippen molar-refractivity contribution in [1.82, 2.24) is 9.80 Å². The van der Waals surface area contributed by atoms with Crippen LogP contribution in [0.15, 0.2) is 28.7 Å². The predicted molar refractivity (Wildman–Crippen MR) is 94.0 cm³/mol. The van der Waals surface area contributed by atoms with E-state index in [0.29, 0.717) is 12.6 Å². The van der Waals surface area contributed by atoms with Crippen molar-refractivity contribution in [3.63, 3.8) is 0 Å². The number of halogens is 1. The Morgan fingerprint density at radius 2 is 2.26 bits per heavy atom. The molecule has 0 aliphatic carbocycles. The van der Waals surface area contributed by atoms with Crippen molar-refractivity contribution >= 4 is 21.9 Å². The van der Waals surface area contributed by atoms with Crippen LogP contribution in [0.5, 0.6) is 5.75 Å². The van der Waals surface area contributed by atoms with Crippen LogP contribution in [0.4, 0.5) is 0 Å². The summed E-state index contributed by atoms with van der Waals surface area (Å²) >= 11 is 3.44. The summed E-state index contributed by atoms with van der Waals surface area (Å²) in [7, 11) is 1.91. The van der Waals surface area contributed by atoms with Crippen LogP contribution < -0.4 is 4.74 Å². The van der Waals surface area contributed by atoms with Gasteiger partial charge in [0.1, 0.15) is 12.4 Å². The molecule has 0 saturated carbocycles. The van der Waals surface area contributed by atoms with E-state index < -0.39 is 5.97 Å². The van der Waals surface area contributed by atoms with E-state index in [1.807, 2.05) is 36.2 Å². The average molecular weight is 385 g/mol. The Morgan fingerprint density at radius 3 is 3.00 bits per heavy atom. The van der Waals surface area contributed by atoms with Crippen molar-refractivity contribution in [3.8, 4) is 5.75 Å². The maximum atomic E-state index is 10.8. The SMILES string of the molecule is CN(CC(=O)O)C1CCCN(CCOc2cccc(Br)c2)CC1. The van der Waals surface area contributed by atoms with Crippen LogP contribution in [0.2, 0.25) is 0 Å². The molecule has 1 aromatic rings. The standard InChI is InChI=1S/C17H25BrN2O3/c1-19(13-17(21)22)15-5-3-8-20(9-7-15)10-11-23-16-6-2-4-14(18)12-16/h2,4,6,12,15H,3,5,7-11,13H2,1H3,(H,21,22). The minimum atomic E-state index is -0.754. The third-order valence-electron chi connectivity index (χ3n) is 4.27. The third kappa shape index (κ3) is 6.49. The number of carboxylic acids is 1. The van der Waals surface area contributed by atoms with Crippen molar-refractivity contribution in [1.29, 1.82) is 0 Å². The molecule has 0 amide bonds. The predicted octanol–water partition coefficient (Wildman–Crippen LogP) is 2.70. The van der Waals surface area contributed by atoms with Crippen LogP contribution in [0.3, 0.4) is 0 Å². The number of carbonyl (C=O) groups is 1. The summed E-state index contributed by atoms with van der Waals surface area (Å²) < 4.78 is 6.82. The number of rotatable bonds is 7. The van der Waals surface area contributed by atoms with E-state index in [9.17, 15) is 4.79 Å². The first-order chi connectivity index (χ1) is 11.0. The number of ether oxygens (including phenoxy) is 1. The van der Waals surface area contributed by atoms with Gasteiger partial charge in [0.25, 0.3) is 0 Å². The molecule has 1 fully saturated rings. The van der Waals surface area contributed by atoms with Gasteiger partial charge in [-0.2, -0.15) is 0 Å². The molecule has 1 heterocycles. The molecule has 1 N–H and O–H groups in total. The zero-order valence-electron chi connectivity index (χ0n) is 13.6. The molecule has 1 unspecified atom stereocenters. The van der Waals surface area contributed by atoms with E-state index in [1.54, 1.807) is 0 Å². The molecule has 2 rings (SSSR count). The number of hydrogen-bond acceptors (Lipinski definition) is 4. The molecule has 23 heavy (non-hydrogen) atoms. The Labute approximate surface area is 146 Å². The van der Waals surface area contributed by atoms with Crippen molar-refractivity contribution in [2.45, 2.75) is 25.3 Å². The highest BCUT2D eigenvalue weighted by molar-refractivity contribution is 9.10. The molecule has 5 nitrogen and oxygen atoms in total. The van der Waals surface area contributed by atoms with E-state index >= 15 is 0 Å². The molecular weight excluding hydrogens is 360 g/mol. The van der Waals surface area contributed by atoms with E-state index in [-0.39, 0.29) is 6.54 Å². The van der Waals surface area contributed by atoms with Gasteiger partial charge in [0, 0.05) is 17.1 Å². The lowest BCUT2D eigenvalue weighted by molar-refractivity contribution is -0.138. The normalized spacial score (nSPS) is 19.5. The molecule has 0 aromatic heterocycles. The Kier molecular flexibility index (Phi) is 7.33. The van der Waals surface area contributed by atoms with Crippen LogP contribution in [0.1, 0.15) is 19.3 Å². The van der Waals surface area contributed by atoms with Crippen molar-refractivity contribution < 1.29 is 14.6 Å². The molecule has 1 aromatic carbocycles. The van der Waals surface area contributed by atoms with Crippen molar-refractivity contribution in [2.75, 3.05) is 39.8 Å². The fourth-order valence-corrected chi connectivity index (χ4v) is 3.37. The van der Waals surface area contributed by atoms with Gasteiger partial charge in [-0.25, -0.2) is 0 Å². The zero-order chi connectivity index (χ0) is 16.7. The topological polar surface area (TPSA) is 53.0 Å². The number of likely N-dealkylation sites (N-methyl/N-ethyl adjacent to an activating group) is 1. The van der Waals surface area contributed by atoms with Crippen LogP contribution in [-0.4, -0.2) is 66.8 Å². The van der Waals surface area contributed by atoms with Crippen LogP contribution >= 0.6 is 15.9 Å². The highest BCUT2D eigenvalue weighted by Crippen LogP contribution is 2.18. The van der Waals surface area contributed by atoms with E-state index in [4.69, 9.17) is 9.84 Å². The fourth-order valence-electron chi connectivity index (χ4n) is 2.99. The van der Waals surface area contributed by atoms with Gasteiger partial charge in [-0.05, 0) is 57.6 Å². The quantitative estimate of drug-likeness (QED) is 0.782. The summed E-state index contributed by atoms with van der Waals surface area (Å²) in [6.45, 7) is 3.75. The number of benzene rings is 1. The van der Waals surface area contributed by atoms with Crippen molar-refractivity contribution in [2.24, 2.45) is 0 Å². The highest BCUT2D eigenvalue weighted by Gasteiger charge is 2.21. The summed E-state index contributed by atoms with van der Waals surface area (Å²) in [5, 5.41) is 8.91. The van der Waals surface area contributed by atoms with Crippen molar-refractivity contribution in [3.05, 3.63) is 28.7 Å². The van der Waals surface area contributed by atoms with Gasteiger partial charge in [-0.15, -0.1) is 0 Å². The van der Waals surface area contributed by atoms with Crippen LogP contribution in [0.25, 0.3) is 0 Å². The monoisotopic (exact) mass is 384 g/mol. The zero-order valence-corrected chi connectivity index (χ0v) is 15.2. The molecule has 0 bridgehead atoms. The van der Waals surface area contributed by atoms with Gasteiger partial charge in [0.05, 0.1) is 6.54 Å². The van der Waals surface area contributed by atoms with E-state index in [1.165, 1.54) is 0 Å². The molecule has 1 aliphatic heterocycles. The maximum absolute atomic E-state index is 10.8. The number of nitrogens with zero attached hydrogens (tertiary/aromatic N) is 2. The number of carboxylic acid groups (broad SMARTS) is 1. The van der Waals surface area contributed by atoms with Gasteiger partial charge in [-0.3, -0.25) is 14.6 Å². The molecule has 1 saturated heterocycles. The second kappa shape index (κ2) is 9.25. The number of likely N-dealkylation sites (tertiary alicyclic amines) is 1. The molecule has 0 radical (unpaired) electrons. The lowest BCUT2D eigenvalue weighted by Gasteiger charge is -2.25. The highest BCUT2D eigenvalue weighted by atomic mass is 79.9. The van der Waals surface area contributed by atoms with Gasteiger partial charge < -0.3 is 9.84 Å². The Balaban J connectivity index is 1.72. The Morgan fingerprint density at radius 1 is 1.43 bits per heavy atom. The first-order valence-electron chi connectivity index (χ1n) is 8.07. The second-order valence-corrected chi connectivity index (χ2v) is 6.96. The minimum absolute atomic E-state index is 0.122. The first-order valence-corrected chi connectivity index (χ1v) is 8.86. The lowest BCUT2D eigenvalue weighted by atomic mass is 10.1. The second-order valence-electron chi connectivity index (χ2n) is 6.04. The van der Waals surface area contributed by atoms with Gasteiger partial charge in [0.2, 0.25) is 0 Å². The minimum Gasteiger partial charge on any atom is -0.492 e. The summed E-state index contributed by atoms with van der Waals surface area (Å²) in [6.07, 6.45) is 3.18. The average Bonchev–Trinajstić information content (AvgIpc) is 2.72. The molecule has 0 spiro atoms. The molecule has 1 aliphatic rings. The summed E-state index contributed by atoms with van der Waals surface area (Å²) in [5.41, 5.74) is 0. The van der Waals surface area contributed by atoms with E-state index in [2.05, 4.69) is 20.8 Å². The third-order valence-corrected chi connectivity index (χ3v) is 4.76. The molecular formula is C17H25BrN2O3. The fraction of sp³-hybridized carbons (Fsp3) is 0.588. The summed E-state index contributed by atoms with van der Waals surface area (Å²) in [6, 6.07) is 8.25. The van der Waals surface area contributed by atoms with Gasteiger partial charge in [0.15, 0.2) is 0 Å². The molecule has 1 atom stereocenters. The molecule has 128 valence electrons. The Hall–Kier alpha value is -1.11. The number of aliphatic carboxylic acids is 1. The summed E-state index contributed by atoms with van der Waals surface area (Å²) in [4.78, 5) is 15.2. The largest absolute Gasteiger partial charge is 0.492 e. The maximum Gasteiger partial charge on any atom is 0.317 e. The van der Waals surface area contributed by atoms with Gasteiger partial charge in [-0.1, -0.05) is 22.0 Å². The smallest absolute Gasteiger partial charge is 0.317 e. The summed E-state index contributed by atoms with van der Waals surface area (Å²) in [5.74, 6) is 0.129. The van der Waals surface area contributed by atoms with Crippen LogP contribution in [-0.2, 0) is 4.79 Å². The van der Waals surface area contributed by atoms with Crippen LogP contribution in [0, 0.1) is 0 Å². The first kappa shape index (κ1) is 18.2.